The lowest BCUT2D eigenvalue weighted by atomic mass is 9.90. The van der Waals surface area contributed by atoms with Crippen molar-refractivity contribution in [3.8, 4) is 12.0 Å². The molecule has 0 radical (unpaired) electrons. The molecule has 18 heteroatoms. The number of hydrogen-bond donors (Lipinski definition) is 2. The molecule has 0 bridgehead atoms. The minimum Gasteiger partial charge on any atom is -0.403 e. The molecule has 0 spiro atoms. The zero-order valence-electron chi connectivity index (χ0n) is 30.6. The molecule has 1 saturated carbocycles. The molecule has 1 aliphatic carbocycles. The highest BCUT2D eigenvalue weighted by Gasteiger charge is 2.27. The molecule has 1 aliphatic heterocycles. The molecule has 0 amide bonds. The number of aryl methyl sites for hydroxylation is 2. The van der Waals surface area contributed by atoms with Gasteiger partial charge in [-0.2, -0.15) is 9.97 Å². The fourth-order valence-electron chi connectivity index (χ4n) is 6.29. The van der Waals surface area contributed by atoms with Gasteiger partial charge in [0.15, 0.2) is 0 Å². The fraction of sp³-hybridized carbons (Fsp3) is 0.405. The molecule has 17 nitrogen and oxygen atoms in total. The zero-order valence-corrected chi connectivity index (χ0v) is 31.4. The molecular formula is C37H41N7O10S. The smallest absolute Gasteiger partial charge is 0.337 e. The number of aromatic nitrogens is 4. The SMILES string of the molecule is CCc1cc(=O)oc2nc(ON=C3CCC(C)CC3)[nH]c(=O)c12.CCc1cc(=O)oc2nc(ON=C3CCN(S(=O)(=O)Cc4ccccc4)CC3)[nH]c(=O)c12. The van der Waals surface area contributed by atoms with Crippen molar-refractivity contribution in [3.05, 3.63) is 101 Å². The first-order valence-electron chi connectivity index (χ1n) is 18.0. The van der Waals surface area contributed by atoms with Crippen LogP contribution in [0.2, 0.25) is 0 Å². The molecule has 4 aromatic heterocycles. The lowest BCUT2D eigenvalue weighted by molar-refractivity contribution is 0.303. The third kappa shape index (κ3) is 9.68. The van der Waals surface area contributed by atoms with Crippen LogP contribution >= 0.6 is 0 Å². The molecule has 2 fully saturated rings. The number of rotatable bonds is 9. The molecule has 5 aromatic rings. The zero-order chi connectivity index (χ0) is 39.1. The number of piperidine rings is 1. The fourth-order valence-corrected chi connectivity index (χ4v) is 7.83. The molecule has 290 valence electrons. The van der Waals surface area contributed by atoms with Crippen LogP contribution in [0.5, 0.6) is 12.0 Å². The number of oxime groups is 2. The van der Waals surface area contributed by atoms with Crippen molar-refractivity contribution in [2.24, 2.45) is 16.2 Å². The van der Waals surface area contributed by atoms with Crippen molar-refractivity contribution in [1.82, 2.24) is 24.2 Å². The molecule has 7 rings (SSSR count). The molecule has 1 saturated heterocycles. The van der Waals surface area contributed by atoms with E-state index in [1.807, 2.05) is 32.0 Å². The Morgan fingerprint density at radius 3 is 1.71 bits per heavy atom. The van der Waals surface area contributed by atoms with E-state index in [2.05, 4.69) is 37.2 Å². The van der Waals surface area contributed by atoms with Gasteiger partial charge in [-0.15, -0.1) is 0 Å². The number of nitrogens with zero attached hydrogens (tertiary/aromatic N) is 5. The van der Waals surface area contributed by atoms with Crippen molar-refractivity contribution in [3.63, 3.8) is 0 Å². The first kappa shape index (κ1) is 39.0. The van der Waals surface area contributed by atoms with E-state index >= 15 is 0 Å². The Bertz CT molecular complexity index is 2580. The van der Waals surface area contributed by atoms with Crippen LogP contribution in [0.15, 0.2) is 80.8 Å². The predicted molar refractivity (Wildman–Crippen MR) is 204 cm³/mol. The van der Waals surface area contributed by atoms with Gasteiger partial charge in [0.2, 0.25) is 21.5 Å². The number of hydrogen-bond acceptors (Lipinski definition) is 14. The Kier molecular flexibility index (Phi) is 12.1. The molecular weight excluding hydrogens is 735 g/mol. The highest BCUT2D eigenvalue weighted by molar-refractivity contribution is 7.88. The summed E-state index contributed by atoms with van der Waals surface area (Å²) in [5.41, 5.74) is 1.30. The Hall–Kier alpha value is -5.75. The van der Waals surface area contributed by atoms with E-state index in [-0.39, 0.29) is 53.1 Å². The van der Waals surface area contributed by atoms with Gasteiger partial charge in [-0.25, -0.2) is 22.3 Å². The van der Waals surface area contributed by atoms with Crippen LogP contribution < -0.4 is 32.0 Å². The summed E-state index contributed by atoms with van der Waals surface area (Å²) in [7, 11) is -3.43. The quantitative estimate of drug-likeness (QED) is 0.201. The average molecular weight is 776 g/mol. The summed E-state index contributed by atoms with van der Waals surface area (Å²) in [4.78, 5) is 71.4. The topological polar surface area (TPSA) is 232 Å². The molecule has 55 heavy (non-hydrogen) atoms. The molecule has 2 aliphatic rings. The summed E-state index contributed by atoms with van der Waals surface area (Å²) >= 11 is 0. The summed E-state index contributed by atoms with van der Waals surface area (Å²) in [6.07, 6.45) is 5.72. The van der Waals surface area contributed by atoms with Gasteiger partial charge in [-0.05, 0) is 61.1 Å². The summed E-state index contributed by atoms with van der Waals surface area (Å²) in [5, 5.41) is 8.55. The first-order chi connectivity index (χ1) is 26.4. The molecule has 1 aromatic carbocycles. The minimum atomic E-state index is -3.43. The monoisotopic (exact) mass is 775 g/mol. The number of fused-ring (bicyclic) bond motifs is 2. The average Bonchev–Trinajstić information content (AvgIpc) is 3.16. The second-order valence-electron chi connectivity index (χ2n) is 13.3. The number of benzene rings is 1. The van der Waals surface area contributed by atoms with Gasteiger partial charge in [0, 0.05) is 38.1 Å². The third-order valence-electron chi connectivity index (χ3n) is 9.37. The highest BCUT2D eigenvalue weighted by Crippen LogP contribution is 2.22. The number of sulfonamides is 1. The summed E-state index contributed by atoms with van der Waals surface area (Å²) in [6, 6.07) is 11.3. The van der Waals surface area contributed by atoms with Crippen molar-refractivity contribution < 1.29 is 26.9 Å². The summed E-state index contributed by atoms with van der Waals surface area (Å²) in [6.45, 7) is 6.46. The van der Waals surface area contributed by atoms with Crippen LogP contribution in [0, 0.1) is 5.92 Å². The van der Waals surface area contributed by atoms with Crippen molar-refractivity contribution in [1.29, 1.82) is 0 Å². The van der Waals surface area contributed by atoms with Crippen molar-refractivity contribution in [2.75, 3.05) is 13.1 Å². The van der Waals surface area contributed by atoms with Crippen molar-refractivity contribution >= 4 is 43.6 Å². The Balaban J connectivity index is 0.000000197. The maximum absolute atomic E-state index is 12.7. The Labute approximate surface area is 314 Å². The molecule has 0 atom stereocenters. The van der Waals surface area contributed by atoms with Crippen molar-refractivity contribution in [2.45, 2.75) is 77.9 Å². The Morgan fingerprint density at radius 2 is 1.24 bits per heavy atom. The normalized spacial score (nSPS) is 16.4. The lowest BCUT2D eigenvalue weighted by Gasteiger charge is -2.26. The van der Waals surface area contributed by atoms with E-state index in [9.17, 15) is 27.6 Å². The maximum Gasteiger partial charge on any atom is 0.337 e. The van der Waals surface area contributed by atoms with Gasteiger partial charge >= 0.3 is 23.3 Å². The summed E-state index contributed by atoms with van der Waals surface area (Å²) in [5.74, 6) is 0.651. The summed E-state index contributed by atoms with van der Waals surface area (Å²) < 4.78 is 36.8. The van der Waals surface area contributed by atoms with Gasteiger partial charge in [0.25, 0.3) is 11.1 Å². The Morgan fingerprint density at radius 1 is 0.764 bits per heavy atom. The van der Waals surface area contributed by atoms with E-state index in [0.717, 1.165) is 37.0 Å². The van der Waals surface area contributed by atoms with Crippen LogP contribution in [0.4, 0.5) is 0 Å². The van der Waals surface area contributed by atoms with E-state index < -0.39 is 32.4 Å². The van der Waals surface area contributed by atoms with Gasteiger partial charge in [0.05, 0.1) is 17.2 Å². The van der Waals surface area contributed by atoms with Gasteiger partial charge in [-0.1, -0.05) is 61.4 Å². The van der Waals surface area contributed by atoms with Gasteiger partial charge < -0.3 is 18.5 Å². The van der Waals surface area contributed by atoms with Gasteiger partial charge in [0.1, 0.15) is 10.8 Å². The minimum absolute atomic E-state index is 0.0226. The largest absolute Gasteiger partial charge is 0.403 e. The van der Waals surface area contributed by atoms with Crippen LogP contribution in [-0.2, 0) is 28.6 Å². The third-order valence-corrected chi connectivity index (χ3v) is 11.2. The van der Waals surface area contributed by atoms with Gasteiger partial charge in [-0.3, -0.25) is 19.6 Å². The number of H-pyrrole nitrogens is 2. The molecule has 0 unspecified atom stereocenters. The van der Waals surface area contributed by atoms with Crippen LogP contribution in [0.3, 0.4) is 0 Å². The number of aromatic amines is 2. The lowest BCUT2D eigenvalue weighted by Crippen LogP contribution is -2.39. The molecule has 5 heterocycles. The molecule has 2 N–H and O–H groups in total. The van der Waals surface area contributed by atoms with E-state index in [4.69, 9.17) is 18.5 Å². The second kappa shape index (κ2) is 17.2. The standard InChI is InChI=1S/C21H22N4O6S.C16H19N3O4/c1-2-15-12-17(26)30-20-18(15)19(27)22-21(23-20)31-24-16-8-10-25(11-9-16)32(28,29)13-14-6-4-3-5-7-14;1-3-10-8-12(20)22-15-13(10)14(21)17-16(18-15)23-19-11-6-4-9(2)5-7-11/h3-7,12H,2,8-11,13H2,1H3,(H,22,23,27);8-9H,3-7H2,1-2H3,(H,17,18,21). The second-order valence-corrected chi connectivity index (χ2v) is 15.3. The van der Waals surface area contributed by atoms with Crippen LogP contribution in [0.25, 0.3) is 22.2 Å². The van der Waals surface area contributed by atoms with Crippen LogP contribution in [-0.4, -0.2) is 57.2 Å². The first-order valence-corrected chi connectivity index (χ1v) is 19.6. The highest BCUT2D eigenvalue weighted by atomic mass is 32.2. The van der Waals surface area contributed by atoms with E-state index in [0.29, 0.717) is 48.4 Å². The van der Waals surface area contributed by atoms with Crippen LogP contribution in [0.1, 0.15) is 76.0 Å². The maximum atomic E-state index is 12.7. The van der Waals surface area contributed by atoms with E-state index in [1.165, 1.54) is 16.4 Å². The van der Waals surface area contributed by atoms with E-state index in [1.54, 1.807) is 12.1 Å². The predicted octanol–water partition coefficient (Wildman–Crippen LogP) is 4.18. The number of nitrogens with one attached hydrogen (secondary N) is 2.